The van der Waals surface area contributed by atoms with Crippen LogP contribution in [0.15, 0.2) is 6.33 Å². The molecule has 5 nitrogen and oxygen atoms in total. The molecule has 106 valence electrons. The maximum atomic E-state index is 11.9. The minimum atomic E-state index is -0.244. The summed E-state index contributed by atoms with van der Waals surface area (Å²) in [5.41, 5.74) is 2.05. The van der Waals surface area contributed by atoms with Crippen LogP contribution in [0.2, 0.25) is 0 Å². The summed E-state index contributed by atoms with van der Waals surface area (Å²) in [6, 6.07) is -0.244. The summed E-state index contributed by atoms with van der Waals surface area (Å²) in [6.45, 7) is 3.39. The number of H-pyrrole nitrogens is 1. The Morgan fingerprint density at radius 2 is 2.26 bits per heavy atom. The van der Waals surface area contributed by atoms with Gasteiger partial charge in [0.1, 0.15) is 6.04 Å². The van der Waals surface area contributed by atoms with Crippen LogP contribution in [0.5, 0.6) is 0 Å². The van der Waals surface area contributed by atoms with Gasteiger partial charge < -0.3 is 9.72 Å². The molecule has 1 aliphatic heterocycles. The number of esters is 1. The van der Waals surface area contributed by atoms with Crippen LogP contribution in [0.4, 0.5) is 0 Å². The first kappa shape index (κ1) is 14.1. The molecule has 2 rings (SSSR count). The molecule has 0 aliphatic carbocycles. The Labute approximate surface area is 114 Å². The lowest BCUT2D eigenvalue weighted by atomic mass is 10.1. The molecule has 0 saturated carbocycles. The molecule has 0 spiro atoms. The van der Waals surface area contributed by atoms with E-state index in [1.807, 2.05) is 0 Å². The molecule has 0 bridgehead atoms. The molecule has 0 amide bonds. The highest BCUT2D eigenvalue weighted by molar-refractivity contribution is 5.76. The van der Waals surface area contributed by atoms with Gasteiger partial charge in [0, 0.05) is 13.0 Å². The molecule has 1 atom stereocenters. The van der Waals surface area contributed by atoms with Gasteiger partial charge in [0.15, 0.2) is 0 Å². The number of ether oxygens (including phenoxy) is 1. The van der Waals surface area contributed by atoms with Crippen LogP contribution in [0, 0.1) is 0 Å². The lowest BCUT2D eigenvalue weighted by molar-refractivity contribution is -0.146. The molecule has 5 heteroatoms. The van der Waals surface area contributed by atoms with Crippen LogP contribution in [0.1, 0.15) is 50.4 Å². The SMILES string of the molecule is CCCCCCCOC(=O)C1Cc2nc[nH]c2CN1. The van der Waals surface area contributed by atoms with E-state index < -0.39 is 0 Å². The van der Waals surface area contributed by atoms with Crippen molar-refractivity contribution in [2.45, 2.75) is 58.0 Å². The molecular formula is C14H23N3O2. The summed E-state index contributed by atoms with van der Waals surface area (Å²) in [4.78, 5) is 19.2. The van der Waals surface area contributed by atoms with Gasteiger partial charge in [-0.25, -0.2) is 4.98 Å². The van der Waals surface area contributed by atoms with Crippen molar-refractivity contribution in [2.24, 2.45) is 0 Å². The monoisotopic (exact) mass is 265 g/mol. The highest BCUT2D eigenvalue weighted by atomic mass is 16.5. The summed E-state index contributed by atoms with van der Waals surface area (Å²) in [7, 11) is 0. The van der Waals surface area contributed by atoms with Gasteiger partial charge >= 0.3 is 5.97 Å². The first-order valence-electron chi connectivity index (χ1n) is 7.22. The van der Waals surface area contributed by atoms with Crippen LogP contribution in [0.3, 0.4) is 0 Å². The lowest BCUT2D eigenvalue weighted by Crippen LogP contribution is -2.42. The molecule has 0 aromatic carbocycles. The normalized spacial score (nSPS) is 18.1. The van der Waals surface area contributed by atoms with E-state index in [1.165, 1.54) is 19.3 Å². The Hall–Kier alpha value is -1.36. The summed E-state index contributed by atoms with van der Waals surface area (Å²) in [6.07, 6.45) is 8.13. The number of carbonyl (C=O) groups is 1. The Bertz CT molecular complexity index is 403. The van der Waals surface area contributed by atoms with Crippen LogP contribution in [0.25, 0.3) is 0 Å². The van der Waals surface area contributed by atoms with Crippen molar-refractivity contribution in [3.63, 3.8) is 0 Å². The zero-order chi connectivity index (χ0) is 13.5. The first-order chi connectivity index (χ1) is 9.31. The van der Waals surface area contributed by atoms with Gasteiger partial charge in [-0.15, -0.1) is 0 Å². The number of carbonyl (C=O) groups excluding carboxylic acids is 1. The van der Waals surface area contributed by atoms with E-state index in [0.717, 1.165) is 24.2 Å². The number of imidazole rings is 1. The third kappa shape index (κ3) is 4.06. The first-order valence-corrected chi connectivity index (χ1v) is 7.22. The highest BCUT2D eigenvalue weighted by Crippen LogP contribution is 2.13. The molecule has 1 aliphatic rings. The summed E-state index contributed by atoms with van der Waals surface area (Å²) in [5.74, 6) is -0.149. The number of unbranched alkanes of at least 4 members (excludes halogenated alkanes) is 4. The third-order valence-electron chi connectivity index (χ3n) is 3.51. The third-order valence-corrected chi connectivity index (χ3v) is 3.51. The lowest BCUT2D eigenvalue weighted by Gasteiger charge is -2.21. The highest BCUT2D eigenvalue weighted by Gasteiger charge is 2.26. The van der Waals surface area contributed by atoms with Crippen molar-refractivity contribution >= 4 is 5.97 Å². The summed E-state index contributed by atoms with van der Waals surface area (Å²) >= 11 is 0. The quantitative estimate of drug-likeness (QED) is 0.584. The maximum absolute atomic E-state index is 11.9. The predicted molar refractivity (Wildman–Crippen MR) is 72.6 cm³/mol. The fourth-order valence-corrected chi connectivity index (χ4v) is 2.31. The van der Waals surface area contributed by atoms with Gasteiger partial charge in [0.2, 0.25) is 0 Å². The Balaban J connectivity index is 1.64. The largest absolute Gasteiger partial charge is 0.465 e. The number of hydrogen-bond acceptors (Lipinski definition) is 4. The molecule has 0 fully saturated rings. The Kier molecular flexibility index (Phi) is 5.39. The number of fused-ring (bicyclic) bond motifs is 1. The molecule has 2 N–H and O–H groups in total. The van der Waals surface area contributed by atoms with Gasteiger partial charge in [0.25, 0.3) is 0 Å². The van der Waals surface area contributed by atoms with Crippen LogP contribution in [-0.4, -0.2) is 28.6 Å². The molecule has 2 heterocycles. The molecule has 1 aromatic rings. The van der Waals surface area contributed by atoms with Gasteiger partial charge in [-0.05, 0) is 6.42 Å². The van der Waals surface area contributed by atoms with Crippen molar-refractivity contribution in [3.05, 3.63) is 17.7 Å². The van der Waals surface area contributed by atoms with Crippen molar-refractivity contribution in [3.8, 4) is 0 Å². The van der Waals surface area contributed by atoms with E-state index in [-0.39, 0.29) is 12.0 Å². The van der Waals surface area contributed by atoms with Crippen molar-refractivity contribution < 1.29 is 9.53 Å². The Morgan fingerprint density at radius 3 is 3.11 bits per heavy atom. The van der Waals surface area contributed by atoms with E-state index >= 15 is 0 Å². The van der Waals surface area contributed by atoms with E-state index in [2.05, 4.69) is 22.2 Å². The van der Waals surface area contributed by atoms with Crippen LogP contribution < -0.4 is 5.32 Å². The molecule has 0 radical (unpaired) electrons. The van der Waals surface area contributed by atoms with Gasteiger partial charge in [0.05, 0.1) is 24.3 Å². The average Bonchev–Trinajstić information content (AvgIpc) is 2.89. The molecule has 1 unspecified atom stereocenters. The minimum Gasteiger partial charge on any atom is -0.465 e. The Morgan fingerprint density at radius 1 is 1.42 bits per heavy atom. The summed E-state index contributed by atoms with van der Waals surface area (Å²) < 4.78 is 5.31. The van der Waals surface area contributed by atoms with Crippen molar-refractivity contribution in [1.82, 2.24) is 15.3 Å². The summed E-state index contributed by atoms with van der Waals surface area (Å²) in [5, 5.41) is 3.18. The second-order valence-corrected chi connectivity index (χ2v) is 5.05. The van der Waals surface area contributed by atoms with Crippen molar-refractivity contribution in [2.75, 3.05) is 6.61 Å². The van der Waals surface area contributed by atoms with Gasteiger partial charge in [-0.2, -0.15) is 0 Å². The standard InChI is InChI=1S/C14H23N3O2/c1-2-3-4-5-6-7-19-14(18)12-8-11-13(9-15-12)17-10-16-11/h10,12,15H,2-9H2,1H3,(H,16,17). The van der Waals surface area contributed by atoms with E-state index in [0.29, 0.717) is 19.6 Å². The minimum absolute atomic E-state index is 0.149. The smallest absolute Gasteiger partial charge is 0.323 e. The number of rotatable bonds is 7. The fraction of sp³-hybridized carbons (Fsp3) is 0.714. The van der Waals surface area contributed by atoms with E-state index in [9.17, 15) is 4.79 Å². The van der Waals surface area contributed by atoms with Gasteiger partial charge in [-0.1, -0.05) is 32.6 Å². The zero-order valence-corrected chi connectivity index (χ0v) is 11.6. The molecular weight excluding hydrogens is 242 g/mol. The van der Waals surface area contributed by atoms with Crippen LogP contribution >= 0.6 is 0 Å². The number of aromatic nitrogens is 2. The number of nitrogens with zero attached hydrogens (tertiary/aromatic N) is 1. The second-order valence-electron chi connectivity index (χ2n) is 5.05. The van der Waals surface area contributed by atoms with Gasteiger partial charge in [-0.3, -0.25) is 10.1 Å². The fourth-order valence-electron chi connectivity index (χ4n) is 2.31. The molecule has 1 aromatic heterocycles. The average molecular weight is 265 g/mol. The van der Waals surface area contributed by atoms with E-state index in [4.69, 9.17) is 4.74 Å². The van der Waals surface area contributed by atoms with Crippen LogP contribution in [-0.2, 0) is 22.5 Å². The second kappa shape index (κ2) is 7.28. The number of hydrogen-bond donors (Lipinski definition) is 2. The van der Waals surface area contributed by atoms with Crippen molar-refractivity contribution in [1.29, 1.82) is 0 Å². The molecule has 19 heavy (non-hydrogen) atoms. The number of aromatic amines is 1. The topological polar surface area (TPSA) is 67.0 Å². The number of nitrogens with one attached hydrogen (secondary N) is 2. The predicted octanol–water partition coefficient (Wildman–Crippen LogP) is 1.94. The maximum Gasteiger partial charge on any atom is 0.323 e. The molecule has 0 saturated heterocycles. The zero-order valence-electron chi connectivity index (χ0n) is 11.6. The van der Waals surface area contributed by atoms with E-state index in [1.54, 1.807) is 6.33 Å².